The third-order valence-corrected chi connectivity index (χ3v) is 2.04. The van der Waals surface area contributed by atoms with Crippen molar-refractivity contribution >= 4 is 0 Å². The minimum atomic E-state index is -0.584. The van der Waals surface area contributed by atoms with Gasteiger partial charge < -0.3 is 9.84 Å². The average molecular weight is 205 g/mol. The predicted molar refractivity (Wildman–Crippen MR) is 57.5 cm³/mol. The molecule has 1 atom stereocenters. The lowest BCUT2D eigenvalue weighted by molar-refractivity contribution is 0.143. The zero-order chi connectivity index (χ0) is 11.1. The van der Waals surface area contributed by atoms with Gasteiger partial charge >= 0.3 is 0 Å². The SMILES string of the molecule is Cc1cccc(OCCC(O)CC#N)c1. The van der Waals surface area contributed by atoms with E-state index in [4.69, 9.17) is 10.00 Å². The highest BCUT2D eigenvalue weighted by Crippen LogP contribution is 2.12. The zero-order valence-electron chi connectivity index (χ0n) is 8.81. The second kappa shape index (κ2) is 6.05. The summed E-state index contributed by atoms with van der Waals surface area (Å²) in [5.41, 5.74) is 1.14. The number of nitriles is 1. The van der Waals surface area contributed by atoms with Gasteiger partial charge in [0.25, 0.3) is 0 Å². The summed E-state index contributed by atoms with van der Waals surface area (Å²) >= 11 is 0. The predicted octanol–water partition coefficient (Wildman–Crippen LogP) is 2.04. The molecular formula is C12H15NO2. The molecule has 0 aliphatic carbocycles. The summed E-state index contributed by atoms with van der Waals surface area (Å²) in [5, 5.41) is 17.6. The van der Waals surface area contributed by atoms with Crippen LogP contribution in [0.2, 0.25) is 0 Å². The molecule has 0 saturated heterocycles. The summed E-state index contributed by atoms with van der Waals surface area (Å²) in [6.07, 6.45) is 0.0680. The van der Waals surface area contributed by atoms with Gasteiger partial charge in [-0.2, -0.15) is 5.26 Å². The monoisotopic (exact) mass is 205 g/mol. The van der Waals surface area contributed by atoms with Crippen LogP contribution in [0.15, 0.2) is 24.3 Å². The lowest BCUT2D eigenvalue weighted by atomic mass is 10.2. The van der Waals surface area contributed by atoms with Crippen molar-refractivity contribution in [2.45, 2.75) is 25.9 Å². The number of aryl methyl sites for hydroxylation is 1. The van der Waals surface area contributed by atoms with E-state index in [1.165, 1.54) is 0 Å². The molecule has 0 bridgehead atoms. The average Bonchev–Trinajstić information content (AvgIpc) is 2.18. The molecule has 0 fully saturated rings. The van der Waals surface area contributed by atoms with E-state index in [0.717, 1.165) is 11.3 Å². The van der Waals surface area contributed by atoms with Gasteiger partial charge in [-0.1, -0.05) is 12.1 Å². The standard InChI is InChI=1S/C12H15NO2/c1-10-3-2-4-12(9-10)15-8-6-11(14)5-7-13/h2-4,9,11,14H,5-6,8H2,1H3. The van der Waals surface area contributed by atoms with Crippen LogP contribution in [-0.2, 0) is 0 Å². The number of aliphatic hydroxyl groups excluding tert-OH is 1. The normalized spacial score (nSPS) is 11.8. The van der Waals surface area contributed by atoms with Crippen molar-refractivity contribution in [1.29, 1.82) is 5.26 Å². The molecular weight excluding hydrogens is 190 g/mol. The van der Waals surface area contributed by atoms with Crippen LogP contribution in [0.25, 0.3) is 0 Å². The molecule has 0 saturated carbocycles. The minimum Gasteiger partial charge on any atom is -0.493 e. The van der Waals surface area contributed by atoms with Crippen LogP contribution in [0.1, 0.15) is 18.4 Å². The van der Waals surface area contributed by atoms with Crippen LogP contribution >= 0.6 is 0 Å². The Kier molecular flexibility index (Phi) is 4.65. The number of aliphatic hydroxyl groups is 1. The summed E-state index contributed by atoms with van der Waals surface area (Å²) in [6, 6.07) is 9.66. The Hall–Kier alpha value is -1.53. The van der Waals surface area contributed by atoms with Gasteiger partial charge in [-0.05, 0) is 24.6 Å². The Labute approximate surface area is 89.9 Å². The highest BCUT2D eigenvalue weighted by Gasteiger charge is 2.03. The van der Waals surface area contributed by atoms with Crippen LogP contribution in [0.5, 0.6) is 5.75 Å². The van der Waals surface area contributed by atoms with Crippen molar-refractivity contribution in [3.05, 3.63) is 29.8 Å². The second-order valence-corrected chi connectivity index (χ2v) is 3.47. The Morgan fingerprint density at radius 3 is 3.00 bits per heavy atom. The van der Waals surface area contributed by atoms with Crippen LogP contribution in [-0.4, -0.2) is 17.8 Å². The topological polar surface area (TPSA) is 53.2 Å². The molecule has 15 heavy (non-hydrogen) atoms. The molecule has 1 rings (SSSR count). The quantitative estimate of drug-likeness (QED) is 0.800. The maximum Gasteiger partial charge on any atom is 0.119 e. The van der Waals surface area contributed by atoms with E-state index in [-0.39, 0.29) is 6.42 Å². The molecule has 1 aromatic rings. The number of benzene rings is 1. The first-order valence-electron chi connectivity index (χ1n) is 4.97. The van der Waals surface area contributed by atoms with Crippen molar-refractivity contribution in [3.63, 3.8) is 0 Å². The molecule has 1 aromatic carbocycles. The molecule has 3 heteroatoms. The van der Waals surface area contributed by atoms with Gasteiger partial charge in [-0.3, -0.25) is 0 Å². The van der Waals surface area contributed by atoms with E-state index >= 15 is 0 Å². The third-order valence-electron chi connectivity index (χ3n) is 2.04. The lowest BCUT2D eigenvalue weighted by Crippen LogP contribution is -2.11. The summed E-state index contributed by atoms with van der Waals surface area (Å²) in [4.78, 5) is 0. The van der Waals surface area contributed by atoms with Crippen LogP contribution in [0, 0.1) is 18.3 Å². The molecule has 0 aliphatic rings. The summed E-state index contributed by atoms with van der Waals surface area (Å²) < 4.78 is 5.43. The fraction of sp³-hybridized carbons (Fsp3) is 0.417. The largest absolute Gasteiger partial charge is 0.493 e. The first kappa shape index (κ1) is 11.5. The van der Waals surface area contributed by atoms with Gasteiger partial charge in [0, 0.05) is 6.42 Å². The second-order valence-electron chi connectivity index (χ2n) is 3.47. The fourth-order valence-electron chi connectivity index (χ4n) is 1.23. The summed E-state index contributed by atoms with van der Waals surface area (Å²) in [7, 11) is 0. The van der Waals surface area contributed by atoms with Gasteiger partial charge in [0.2, 0.25) is 0 Å². The van der Waals surface area contributed by atoms with E-state index in [0.29, 0.717) is 13.0 Å². The summed E-state index contributed by atoms with van der Waals surface area (Å²) in [6.45, 7) is 2.43. The van der Waals surface area contributed by atoms with Crippen molar-refractivity contribution < 1.29 is 9.84 Å². The zero-order valence-corrected chi connectivity index (χ0v) is 8.81. The van der Waals surface area contributed by atoms with Gasteiger partial charge in [0.15, 0.2) is 0 Å². The molecule has 0 aliphatic heterocycles. The van der Waals surface area contributed by atoms with Crippen molar-refractivity contribution in [2.75, 3.05) is 6.61 Å². The third kappa shape index (κ3) is 4.48. The molecule has 0 amide bonds. The van der Waals surface area contributed by atoms with Crippen molar-refractivity contribution in [1.82, 2.24) is 0 Å². The Balaban J connectivity index is 2.29. The molecule has 1 unspecified atom stereocenters. The van der Waals surface area contributed by atoms with Crippen LogP contribution < -0.4 is 4.74 Å². The van der Waals surface area contributed by atoms with Crippen molar-refractivity contribution in [2.24, 2.45) is 0 Å². The maximum absolute atomic E-state index is 9.28. The Bertz CT molecular complexity index is 344. The highest BCUT2D eigenvalue weighted by molar-refractivity contribution is 5.27. The number of hydrogen-bond donors (Lipinski definition) is 1. The maximum atomic E-state index is 9.28. The minimum absolute atomic E-state index is 0.164. The lowest BCUT2D eigenvalue weighted by Gasteiger charge is -2.08. The van der Waals surface area contributed by atoms with Crippen LogP contribution in [0.3, 0.4) is 0 Å². The van der Waals surface area contributed by atoms with Gasteiger partial charge in [-0.25, -0.2) is 0 Å². The molecule has 0 heterocycles. The van der Waals surface area contributed by atoms with Gasteiger partial charge in [-0.15, -0.1) is 0 Å². The van der Waals surface area contributed by atoms with E-state index in [9.17, 15) is 5.11 Å². The Morgan fingerprint density at radius 2 is 2.33 bits per heavy atom. The van der Waals surface area contributed by atoms with Crippen LogP contribution in [0.4, 0.5) is 0 Å². The van der Waals surface area contributed by atoms with E-state index < -0.39 is 6.10 Å². The molecule has 80 valence electrons. The van der Waals surface area contributed by atoms with Crippen molar-refractivity contribution in [3.8, 4) is 11.8 Å². The molecule has 0 radical (unpaired) electrons. The smallest absolute Gasteiger partial charge is 0.119 e. The van der Waals surface area contributed by atoms with Gasteiger partial charge in [0.1, 0.15) is 5.75 Å². The molecule has 0 spiro atoms. The molecule has 1 N–H and O–H groups in total. The number of ether oxygens (including phenoxy) is 1. The van der Waals surface area contributed by atoms with E-state index in [1.807, 2.05) is 37.3 Å². The van der Waals surface area contributed by atoms with Gasteiger partial charge in [0.05, 0.1) is 25.2 Å². The molecule has 0 aromatic heterocycles. The highest BCUT2D eigenvalue weighted by atomic mass is 16.5. The number of rotatable bonds is 5. The molecule has 3 nitrogen and oxygen atoms in total. The first-order valence-corrected chi connectivity index (χ1v) is 4.97. The first-order chi connectivity index (χ1) is 7.22. The summed E-state index contributed by atoms with van der Waals surface area (Å²) in [5.74, 6) is 0.805. The van der Waals surface area contributed by atoms with E-state index in [2.05, 4.69) is 0 Å². The fourth-order valence-corrected chi connectivity index (χ4v) is 1.23. The number of hydrogen-bond acceptors (Lipinski definition) is 3. The number of nitrogens with zero attached hydrogens (tertiary/aromatic N) is 1. The Morgan fingerprint density at radius 1 is 1.53 bits per heavy atom. The van der Waals surface area contributed by atoms with E-state index in [1.54, 1.807) is 0 Å².